The number of rotatable bonds is 0. The minimum Gasteiger partial charge on any atom is -0.354 e. The number of nitrogens with one attached hydrogen (secondary N) is 1. The van der Waals surface area contributed by atoms with E-state index in [9.17, 15) is 0 Å². The highest BCUT2D eigenvalue weighted by atomic mass is 79.9. The van der Waals surface area contributed by atoms with Crippen molar-refractivity contribution >= 4 is 48.5 Å². The van der Waals surface area contributed by atoms with Crippen LogP contribution in [0, 0.1) is 6.92 Å². The molecule has 1 nitrogen and oxygen atoms in total. The molecule has 1 N–H and O–H groups in total. The molecule has 1 aromatic heterocycles. The second kappa shape index (κ2) is 3.84. The highest BCUT2D eigenvalue weighted by Gasteiger charge is 2.13. The van der Waals surface area contributed by atoms with E-state index in [0.717, 1.165) is 0 Å². The van der Waals surface area contributed by atoms with E-state index in [0.29, 0.717) is 0 Å². The third-order valence-corrected chi connectivity index (χ3v) is 4.87. The molecule has 0 fully saturated rings. The number of H-pyrrole nitrogens is 1. The van der Waals surface area contributed by atoms with E-state index in [1.165, 1.54) is 42.6 Å². The first-order valence-corrected chi connectivity index (χ1v) is 7.14. The van der Waals surface area contributed by atoms with Crippen molar-refractivity contribution in [1.29, 1.82) is 0 Å². The van der Waals surface area contributed by atoms with Gasteiger partial charge in [-0.05, 0) is 39.9 Å². The Morgan fingerprint density at radius 1 is 0.842 bits per heavy atom. The number of aryl methyl sites for hydroxylation is 1. The highest BCUT2D eigenvalue weighted by Crippen LogP contribution is 2.38. The summed E-state index contributed by atoms with van der Waals surface area (Å²) in [4.78, 5) is 3.57. The zero-order chi connectivity index (χ0) is 13.0. The predicted octanol–water partition coefficient (Wildman–Crippen LogP) is 5.55. The average molecular weight is 310 g/mol. The normalized spacial score (nSPS) is 11.7. The number of aromatic nitrogens is 1. The van der Waals surface area contributed by atoms with Crippen LogP contribution in [0.1, 0.15) is 5.56 Å². The van der Waals surface area contributed by atoms with Gasteiger partial charge < -0.3 is 4.98 Å². The molecule has 0 saturated carbocycles. The molecule has 0 unspecified atom stereocenters. The molecule has 0 aliphatic rings. The number of fused-ring (bicyclic) bond motifs is 5. The summed E-state index contributed by atoms with van der Waals surface area (Å²) in [6.45, 7) is 2.18. The van der Waals surface area contributed by atoms with Crippen molar-refractivity contribution in [3.63, 3.8) is 0 Å². The summed E-state index contributed by atoms with van der Waals surface area (Å²) in [5.41, 5.74) is 3.73. The van der Waals surface area contributed by atoms with E-state index in [1.807, 2.05) is 0 Å². The average Bonchev–Trinajstić information content (AvgIpc) is 2.84. The molecule has 2 heteroatoms. The molecular formula is C17H12BrN. The Hall–Kier alpha value is -1.80. The van der Waals surface area contributed by atoms with Gasteiger partial charge >= 0.3 is 0 Å². The van der Waals surface area contributed by atoms with E-state index in [4.69, 9.17) is 0 Å². The Labute approximate surface area is 119 Å². The van der Waals surface area contributed by atoms with Gasteiger partial charge in [-0.15, -0.1) is 0 Å². The lowest BCUT2D eigenvalue weighted by atomic mass is 10.0. The molecular weight excluding hydrogens is 298 g/mol. The van der Waals surface area contributed by atoms with Crippen molar-refractivity contribution in [2.45, 2.75) is 6.92 Å². The molecule has 3 aromatic carbocycles. The monoisotopic (exact) mass is 309 g/mol. The van der Waals surface area contributed by atoms with Crippen LogP contribution in [0.25, 0.3) is 32.6 Å². The molecule has 0 bridgehead atoms. The molecule has 92 valence electrons. The molecule has 0 atom stereocenters. The van der Waals surface area contributed by atoms with Crippen LogP contribution in [0.2, 0.25) is 0 Å². The summed E-state index contributed by atoms with van der Waals surface area (Å²) < 4.78 is 1.19. The highest BCUT2D eigenvalue weighted by molar-refractivity contribution is 9.10. The second-order valence-electron chi connectivity index (χ2n) is 4.91. The SMILES string of the molecule is Cc1c(Br)c2ccccc2c2[nH]c3ccccc3c12. The maximum atomic E-state index is 3.76. The van der Waals surface area contributed by atoms with Gasteiger partial charge in [0.15, 0.2) is 0 Å². The van der Waals surface area contributed by atoms with Crippen molar-refractivity contribution < 1.29 is 0 Å². The first-order chi connectivity index (χ1) is 9.27. The first kappa shape index (κ1) is 11.1. The third-order valence-electron chi connectivity index (χ3n) is 3.84. The number of benzene rings is 3. The van der Waals surface area contributed by atoms with Crippen molar-refractivity contribution in [1.82, 2.24) is 4.98 Å². The number of para-hydroxylation sites is 1. The Morgan fingerprint density at radius 2 is 1.47 bits per heavy atom. The van der Waals surface area contributed by atoms with E-state index >= 15 is 0 Å². The van der Waals surface area contributed by atoms with Crippen LogP contribution >= 0.6 is 15.9 Å². The van der Waals surface area contributed by atoms with Gasteiger partial charge in [-0.3, -0.25) is 0 Å². The zero-order valence-electron chi connectivity index (χ0n) is 10.5. The van der Waals surface area contributed by atoms with Gasteiger partial charge in [-0.25, -0.2) is 0 Å². The van der Waals surface area contributed by atoms with Gasteiger partial charge in [0.1, 0.15) is 0 Å². The fourth-order valence-electron chi connectivity index (χ4n) is 2.94. The summed E-state index contributed by atoms with van der Waals surface area (Å²) >= 11 is 3.76. The van der Waals surface area contributed by atoms with Crippen LogP contribution in [0.3, 0.4) is 0 Å². The van der Waals surface area contributed by atoms with Crippen LogP contribution in [-0.2, 0) is 0 Å². The molecule has 0 radical (unpaired) electrons. The van der Waals surface area contributed by atoms with Crippen LogP contribution in [-0.4, -0.2) is 4.98 Å². The summed E-state index contributed by atoms with van der Waals surface area (Å²) in [6, 6.07) is 17.0. The van der Waals surface area contributed by atoms with Crippen molar-refractivity contribution in [2.24, 2.45) is 0 Å². The molecule has 0 amide bonds. The fourth-order valence-corrected chi connectivity index (χ4v) is 3.48. The number of halogens is 1. The molecule has 0 spiro atoms. The van der Waals surface area contributed by atoms with Crippen LogP contribution in [0.4, 0.5) is 0 Å². The van der Waals surface area contributed by atoms with E-state index in [-0.39, 0.29) is 0 Å². The minimum atomic E-state index is 1.19. The Kier molecular flexibility index (Phi) is 2.24. The number of hydrogen-bond donors (Lipinski definition) is 1. The van der Waals surface area contributed by atoms with Crippen molar-refractivity contribution in [3.8, 4) is 0 Å². The standard InChI is InChI=1S/C17H12BrN/c1-10-15-13-8-4-5-9-14(13)19-17(15)12-7-3-2-6-11(12)16(10)18/h2-9,19H,1H3. The smallest absolute Gasteiger partial charge is 0.0548 e. The van der Waals surface area contributed by atoms with Gasteiger partial charge in [0.2, 0.25) is 0 Å². The van der Waals surface area contributed by atoms with Gasteiger partial charge in [-0.1, -0.05) is 42.5 Å². The van der Waals surface area contributed by atoms with Crippen molar-refractivity contribution in [2.75, 3.05) is 0 Å². The Morgan fingerprint density at radius 3 is 2.26 bits per heavy atom. The first-order valence-electron chi connectivity index (χ1n) is 6.34. The molecule has 0 aliphatic heterocycles. The molecule has 0 aliphatic carbocycles. The molecule has 19 heavy (non-hydrogen) atoms. The Bertz CT molecular complexity index is 934. The topological polar surface area (TPSA) is 15.8 Å². The summed E-state index contributed by atoms with van der Waals surface area (Å²) in [5.74, 6) is 0. The molecule has 0 saturated heterocycles. The minimum absolute atomic E-state index is 1.19. The maximum Gasteiger partial charge on any atom is 0.0548 e. The van der Waals surface area contributed by atoms with Crippen LogP contribution in [0.5, 0.6) is 0 Å². The Balaban J connectivity index is 2.41. The van der Waals surface area contributed by atoms with Gasteiger partial charge in [-0.2, -0.15) is 0 Å². The third kappa shape index (κ3) is 1.41. The quantitative estimate of drug-likeness (QED) is 0.438. The summed E-state index contributed by atoms with van der Waals surface area (Å²) in [7, 11) is 0. The maximum absolute atomic E-state index is 3.76. The molecule has 4 aromatic rings. The van der Waals surface area contributed by atoms with Gasteiger partial charge in [0.25, 0.3) is 0 Å². The summed E-state index contributed by atoms with van der Waals surface area (Å²) in [6.07, 6.45) is 0. The lowest BCUT2D eigenvalue weighted by Gasteiger charge is -2.07. The van der Waals surface area contributed by atoms with Gasteiger partial charge in [0, 0.05) is 26.1 Å². The van der Waals surface area contributed by atoms with E-state index in [2.05, 4.69) is 76.4 Å². The molecule has 1 heterocycles. The fraction of sp³-hybridized carbons (Fsp3) is 0.0588. The van der Waals surface area contributed by atoms with Crippen molar-refractivity contribution in [3.05, 3.63) is 58.6 Å². The second-order valence-corrected chi connectivity index (χ2v) is 5.70. The van der Waals surface area contributed by atoms with Crippen LogP contribution < -0.4 is 0 Å². The van der Waals surface area contributed by atoms with Crippen LogP contribution in [0.15, 0.2) is 53.0 Å². The lowest BCUT2D eigenvalue weighted by molar-refractivity contribution is 1.51. The largest absolute Gasteiger partial charge is 0.354 e. The summed E-state index contributed by atoms with van der Waals surface area (Å²) in [5, 5.41) is 5.15. The number of aromatic amines is 1. The predicted molar refractivity (Wildman–Crippen MR) is 85.7 cm³/mol. The van der Waals surface area contributed by atoms with E-state index in [1.54, 1.807) is 0 Å². The molecule has 4 rings (SSSR count). The zero-order valence-corrected chi connectivity index (χ0v) is 12.1. The van der Waals surface area contributed by atoms with Gasteiger partial charge in [0.05, 0.1) is 5.52 Å². The number of hydrogen-bond acceptors (Lipinski definition) is 0. The lowest BCUT2D eigenvalue weighted by Crippen LogP contribution is -1.83. The van der Waals surface area contributed by atoms with E-state index < -0.39 is 0 Å².